The lowest BCUT2D eigenvalue weighted by Crippen LogP contribution is -2.30. The summed E-state index contributed by atoms with van der Waals surface area (Å²) in [6.45, 7) is 1.86. The topological polar surface area (TPSA) is 116 Å². The maximum Gasteiger partial charge on any atom is 0.265 e. The summed E-state index contributed by atoms with van der Waals surface area (Å²) in [4.78, 5) is 24.3. The second-order valence-electron chi connectivity index (χ2n) is 5.53. The van der Waals surface area contributed by atoms with E-state index in [2.05, 4.69) is 10.5 Å². The monoisotopic (exact) mass is 335 g/mol. The van der Waals surface area contributed by atoms with Crippen LogP contribution in [0.15, 0.2) is 54.7 Å². The molecule has 0 bridgehead atoms. The van der Waals surface area contributed by atoms with E-state index in [1.165, 1.54) is 10.9 Å². The van der Waals surface area contributed by atoms with E-state index in [9.17, 15) is 9.59 Å². The summed E-state index contributed by atoms with van der Waals surface area (Å²) in [5.41, 5.74) is 10.9. The zero-order valence-electron chi connectivity index (χ0n) is 13.6. The normalized spacial score (nSPS) is 10.5. The number of rotatable bonds is 4. The first-order valence-electron chi connectivity index (χ1n) is 7.58. The van der Waals surface area contributed by atoms with Gasteiger partial charge in [0.15, 0.2) is 5.78 Å². The van der Waals surface area contributed by atoms with E-state index in [4.69, 9.17) is 11.6 Å². The third-order valence-corrected chi connectivity index (χ3v) is 3.92. The quantitative estimate of drug-likeness (QED) is 0.290. The van der Waals surface area contributed by atoms with Crippen LogP contribution in [0.3, 0.4) is 0 Å². The molecule has 3 aromatic rings. The molecule has 5 N–H and O–H groups in total. The number of anilines is 1. The molecular weight excluding hydrogens is 318 g/mol. The van der Waals surface area contributed by atoms with Gasteiger partial charge in [-0.05, 0) is 24.6 Å². The van der Waals surface area contributed by atoms with E-state index in [1.54, 1.807) is 42.5 Å². The number of carbonyl (C=O) groups excluding carboxylic acids is 2. The van der Waals surface area contributed by atoms with Crippen LogP contribution in [0.2, 0.25) is 0 Å². The molecule has 0 aliphatic heterocycles. The fourth-order valence-corrected chi connectivity index (χ4v) is 2.53. The number of benzene rings is 2. The third kappa shape index (κ3) is 3.00. The zero-order chi connectivity index (χ0) is 18.0. The van der Waals surface area contributed by atoms with Gasteiger partial charge in [-0.15, -0.1) is 0 Å². The summed E-state index contributed by atoms with van der Waals surface area (Å²) in [5, 5.41) is 4.23. The highest BCUT2D eigenvalue weighted by molar-refractivity contribution is 6.11. The fourth-order valence-electron chi connectivity index (χ4n) is 2.53. The van der Waals surface area contributed by atoms with Gasteiger partial charge in [-0.2, -0.15) is 5.10 Å². The lowest BCUT2D eigenvalue weighted by atomic mass is 10.1. The van der Waals surface area contributed by atoms with Crippen molar-refractivity contribution < 1.29 is 9.59 Å². The van der Waals surface area contributed by atoms with Gasteiger partial charge in [0.05, 0.1) is 17.4 Å². The van der Waals surface area contributed by atoms with Crippen molar-refractivity contribution in [1.29, 1.82) is 0 Å². The number of hydrogen-bond donors (Lipinski definition) is 3. The Morgan fingerprint density at radius 3 is 2.48 bits per heavy atom. The van der Waals surface area contributed by atoms with E-state index in [-0.39, 0.29) is 11.6 Å². The van der Waals surface area contributed by atoms with Gasteiger partial charge in [-0.1, -0.05) is 36.4 Å². The van der Waals surface area contributed by atoms with Gasteiger partial charge in [0.25, 0.3) is 5.91 Å². The van der Waals surface area contributed by atoms with E-state index < -0.39 is 5.91 Å². The predicted molar refractivity (Wildman–Crippen MR) is 94.2 cm³/mol. The third-order valence-electron chi connectivity index (χ3n) is 3.92. The van der Waals surface area contributed by atoms with Crippen LogP contribution in [0.5, 0.6) is 0 Å². The van der Waals surface area contributed by atoms with Crippen molar-refractivity contribution in [3.05, 3.63) is 77.0 Å². The van der Waals surface area contributed by atoms with E-state index >= 15 is 0 Å². The molecule has 1 aromatic heterocycles. The van der Waals surface area contributed by atoms with Gasteiger partial charge in [0.1, 0.15) is 5.82 Å². The van der Waals surface area contributed by atoms with Crippen LogP contribution in [0, 0.1) is 6.92 Å². The standard InChI is InChI=1S/C18H17N5O2/c1-11-7-8-13(18(25)22-20)9-15(11)23-17(19)14(10-21-23)16(24)12-5-3-2-4-6-12/h2-10H,19-20H2,1H3,(H,22,25). The Kier molecular flexibility index (Phi) is 4.32. The van der Waals surface area contributed by atoms with Gasteiger partial charge < -0.3 is 5.73 Å². The molecule has 7 nitrogen and oxygen atoms in total. The van der Waals surface area contributed by atoms with E-state index in [0.29, 0.717) is 22.4 Å². The highest BCUT2D eigenvalue weighted by Gasteiger charge is 2.19. The fraction of sp³-hybridized carbons (Fsp3) is 0.0556. The minimum Gasteiger partial charge on any atom is -0.383 e. The average molecular weight is 335 g/mol. The first-order chi connectivity index (χ1) is 12.0. The second kappa shape index (κ2) is 6.58. The summed E-state index contributed by atoms with van der Waals surface area (Å²) in [6.07, 6.45) is 1.43. The van der Waals surface area contributed by atoms with Gasteiger partial charge >= 0.3 is 0 Å². The molecule has 1 amide bonds. The Balaban J connectivity index is 2.05. The number of nitrogens with one attached hydrogen (secondary N) is 1. The molecule has 0 aliphatic rings. The highest BCUT2D eigenvalue weighted by atomic mass is 16.2. The number of hydrogen-bond acceptors (Lipinski definition) is 5. The van der Waals surface area contributed by atoms with Crippen molar-refractivity contribution in [2.24, 2.45) is 5.84 Å². The number of nitrogen functional groups attached to an aromatic ring is 2. The highest BCUT2D eigenvalue weighted by Crippen LogP contribution is 2.23. The maximum absolute atomic E-state index is 12.6. The summed E-state index contributed by atoms with van der Waals surface area (Å²) < 4.78 is 1.44. The molecule has 25 heavy (non-hydrogen) atoms. The number of carbonyl (C=O) groups is 2. The molecule has 0 atom stereocenters. The predicted octanol–water partition coefficient (Wildman–Crippen LogP) is 1.60. The van der Waals surface area contributed by atoms with Gasteiger partial charge in [-0.25, -0.2) is 10.5 Å². The number of amides is 1. The number of aryl methyl sites for hydroxylation is 1. The molecule has 0 fully saturated rings. The number of ketones is 1. The van der Waals surface area contributed by atoms with Crippen LogP contribution >= 0.6 is 0 Å². The minimum atomic E-state index is -0.424. The van der Waals surface area contributed by atoms with Gasteiger partial charge in [0, 0.05) is 11.1 Å². The summed E-state index contributed by atoms with van der Waals surface area (Å²) in [5.74, 6) is 4.75. The van der Waals surface area contributed by atoms with Crippen LogP contribution in [0.4, 0.5) is 5.82 Å². The van der Waals surface area contributed by atoms with Gasteiger partial charge in [-0.3, -0.25) is 15.0 Å². The van der Waals surface area contributed by atoms with Crippen molar-refractivity contribution in [3.8, 4) is 5.69 Å². The zero-order valence-corrected chi connectivity index (χ0v) is 13.6. The van der Waals surface area contributed by atoms with Crippen molar-refractivity contribution >= 4 is 17.5 Å². The Morgan fingerprint density at radius 1 is 1.08 bits per heavy atom. The SMILES string of the molecule is Cc1ccc(C(=O)NN)cc1-n1ncc(C(=O)c2ccccc2)c1N. The Hall–Kier alpha value is -3.45. The van der Waals surface area contributed by atoms with Gasteiger partial charge in [0.2, 0.25) is 0 Å². The first-order valence-corrected chi connectivity index (χ1v) is 7.58. The van der Waals surface area contributed by atoms with Crippen LogP contribution in [-0.4, -0.2) is 21.5 Å². The summed E-state index contributed by atoms with van der Waals surface area (Å²) in [7, 11) is 0. The van der Waals surface area contributed by atoms with Crippen molar-refractivity contribution in [2.45, 2.75) is 6.92 Å². The van der Waals surface area contributed by atoms with E-state index in [0.717, 1.165) is 5.56 Å². The lowest BCUT2D eigenvalue weighted by molar-refractivity contribution is 0.0953. The molecule has 0 radical (unpaired) electrons. The van der Waals surface area contributed by atoms with Crippen molar-refractivity contribution in [1.82, 2.24) is 15.2 Å². The van der Waals surface area contributed by atoms with Crippen LogP contribution in [-0.2, 0) is 0 Å². The number of nitrogens with two attached hydrogens (primary N) is 2. The molecule has 3 rings (SSSR count). The molecule has 1 heterocycles. The lowest BCUT2D eigenvalue weighted by Gasteiger charge is -2.10. The number of nitrogens with zero attached hydrogens (tertiary/aromatic N) is 2. The molecule has 126 valence electrons. The smallest absolute Gasteiger partial charge is 0.265 e. The van der Waals surface area contributed by atoms with Crippen molar-refractivity contribution in [3.63, 3.8) is 0 Å². The molecular formula is C18H17N5O2. The summed E-state index contributed by atoms with van der Waals surface area (Å²) >= 11 is 0. The maximum atomic E-state index is 12.6. The van der Waals surface area contributed by atoms with Crippen LogP contribution in [0.25, 0.3) is 5.69 Å². The largest absolute Gasteiger partial charge is 0.383 e. The summed E-state index contributed by atoms with van der Waals surface area (Å²) in [6, 6.07) is 13.9. The minimum absolute atomic E-state index is 0.210. The average Bonchev–Trinajstić information content (AvgIpc) is 3.03. The molecule has 0 saturated carbocycles. The Bertz CT molecular complexity index is 947. The molecule has 0 spiro atoms. The van der Waals surface area contributed by atoms with Crippen molar-refractivity contribution in [2.75, 3.05) is 5.73 Å². The number of hydrazine groups is 1. The number of aromatic nitrogens is 2. The Labute approximate surface area is 144 Å². The molecule has 0 unspecified atom stereocenters. The Morgan fingerprint density at radius 2 is 1.80 bits per heavy atom. The first kappa shape index (κ1) is 16.4. The van der Waals surface area contributed by atoms with Crippen LogP contribution in [0.1, 0.15) is 31.8 Å². The van der Waals surface area contributed by atoms with Crippen LogP contribution < -0.4 is 17.0 Å². The molecule has 7 heteroatoms. The van der Waals surface area contributed by atoms with E-state index in [1.807, 2.05) is 13.0 Å². The molecule has 0 aliphatic carbocycles. The molecule has 2 aromatic carbocycles. The molecule has 0 saturated heterocycles. The second-order valence-corrected chi connectivity index (χ2v) is 5.53.